The van der Waals surface area contributed by atoms with Gasteiger partial charge in [-0.3, -0.25) is 0 Å². The van der Waals surface area contributed by atoms with Crippen molar-refractivity contribution in [3.05, 3.63) is 158 Å². The molecule has 3 heteroatoms. The molecule has 41 heavy (non-hydrogen) atoms. The van der Waals surface area contributed by atoms with E-state index in [1.807, 2.05) is 0 Å². The molecule has 0 aliphatic carbocycles. The lowest BCUT2D eigenvalue weighted by Crippen LogP contribution is -2.27. The van der Waals surface area contributed by atoms with E-state index in [4.69, 9.17) is 0 Å². The van der Waals surface area contributed by atoms with Gasteiger partial charge in [-0.25, -0.2) is 0 Å². The first-order chi connectivity index (χ1) is 19.5. The van der Waals surface area contributed by atoms with Crippen LogP contribution in [0, 0.1) is 6.92 Å². The zero-order chi connectivity index (χ0) is 29.6. The van der Waals surface area contributed by atoms with Crippen molar-refractivity contribution in [3.63, 3.8) is 0 Å². The summed E-state index contributed by atoms with van der Waals surface area (Å²) in [4.78, 5) is 2.51. The van der Waals surface area contributed by atoms with E-state index in [-0.39, 0.29) is 10.8 Å². The van der Waals surface area contributed by atoms with Crippen LogP contribution in [0.5, 0.6) is 0 Å². The monoisotopic (exact) mass is 669 g/mol. The van der Waals surface area contributed by atoms with Crippen LogP contribution in [0.2, 0.25) is 0 Å². The molecular formula is C38H41Br2N. The number of allylic oxidation sites excluding steroid dienone is 9. The van der Waals surface area contributed by atoms with Crippen molar-refractivity contribution >= 4 is 37.5 Å². The molecule has 0 saturated carbocycles. The number of fused-ring (bicyclic) bond motifs is 1. The summed E-state index contributed by atoms with van der Waals surface area (Å²) in [6.45, 7) is 16.6. The minimum atomic E-state index is -0.152. The largest absolute Gasteiger partial charge is 0.344 e. The molecule has 0 amide bonds. The second-order valence-electron chi connectivity index (χ2n) is 11.8. The fourth-order valence-corrected chi connectivity index (χ4v) is 6.36. The van der Waals surface area contributed by atoms with Crippen molar-refractivity contribution in [1.82, 2.24) is 0 Å². The summed E-state index contributed by atoms with van der Waals surface area (Å²) in [5.41, 5.74) is 8.82. The smallest absolute Gasteiger partial charge is 0.0451 e. The lowest BCUT2D eigenvalue weighted by molar-refractivity contribution is 0.625. The molecule has 0 fully saturated rings. The molecule has 0 spiro atoms. The van der Waals surface area contributed by atoms with Gasteiger partial charge in [-0.2, -0.15) is 0 Å². The molecule has 212 valence electrons. The van der Waals surface area contributed by atoms with Gasteiger partial charge in [0, 0.05) is 37.7 Å². The zero-order valence-corrected chi connectivity index (χ0v) is 28.1. The van der Waals surface area contributed by atoms with Gasteiger partial charge in [0.05, 0.1) is 0 Å². The van der Waals surface area contributed by atoms with Gasteiger partial charge >= 0.3 is 0 Å². The van der Waals surface area contributed by atoms with Crippen LogP contribution in [-0.4, -0.2) is 6.54 Å². The van der Waals surface area contributed by atoms with Gasteiger partial charge in [0.25, 0.3) is 0 Å². The lowest BCUT2D eigenvalue weighted by atomic mass is 9.76. The predicted molar refractivity (Wildman–Crippen MR) is 186 cm³/mol. The molecule has 0 aromatic heterocycles. The first-order valence-electron chi connectivity index (χ1n) is 14.3. The van der Waals surface area contributed by atoms with E-state index in [1.54, 1.807) is 0 Å². The van der Waals surface area contributed by atoms with Gasteiger partial charge in [-0.1, -0.05) is 139 Å². The Morgan fingerprint density at radius 2 is 1.54 bits per heavy atom. The van der Waals surface area contributed by atoms with Crippen LogP contribution in [0.25, 0.3) is 0 Å². The number of rotatable bonds is 10. The Morgan fingerprint density at radius 1 is 0.878 bits per heavy atom. The summed E-state index contributed by atoms with van der Waals surface area (Å²) in [7, 11) is 0. The Morgan fingerprint density at radius 3 is 2.29 bits per heavy atom. The van der Waals surface area contributed by atoms with Gasteiger partial charge in [0.1, 0.15) is 0 Å². The summed E-state index contributed by atoms with van der Waals surface area (Å²) in [5.74, 6) is 0. The first kappa shape index (κ1) is 31.1. The number of hydrogen-bond donors (Lipinski definition) is 0. The van der Waals surface area contributed by atoms with Gasteiger partial charge in [0.2, 0.25) is 0 Å². The van der Waals surface area contributed by atoms with Crippen LogP contribution in [0.4, 0.5) is 5.69 Å². The standard InChI is InChI=1S/C38H41Br2N/c1-28-21-22-31(39)26-33(28)37(3,4)29(2)16-11-8-7-9-14-20-36-38(5,6)34-27-32(40)23-24-35(34)41(36)25-15-19-30-17-12-10-13-18-30/h7-14,16-18,20-24,26-27H,2,15,19,25H2,1,3-6H3/b8-7+,14-9+,16-11+,36-20+. The summed E-state index contributed by atoms with van der Waals surface area (Å²) < 4.78 is 2.22. The Hall–Kier alpha value is -2.88. The van der Waals surface area contributed by atoms with E-state index in [1.165, 1.54) is 33.6 Å². The van der Waals surface area contributed by atoms with Crippen LogP contribution in [0.1, 0.15) is 56.4 Å². The summed E-state index contributed by atoms with van der Waals surface area (Å²) >= 11 is 7.31. The minimum absolute atomic E-state index is 0.0757. The molecule has 3 aromatic rings. The van der Waals surface area contributed by atoms with Gasteiger partial charge in [-0.05, 0) is 84.0 Å². The van der Waals surface area contributed by atoms with Crippen LogP contribution in [0.3, 0.4) is 0 Å². The number of nitrogens with zero attached hydrogens (tertiary/aromatic N) is 1. The molecule has 1 aliphatic rings. The molecule has 1 aliphatic heterocycles. The molecule has 1 nitrogen and oxygen atoms in total. The maximum absolute atomic E-state index is 4.38. The molecule has 0 N–H and O–H groups in total. The highest BCUT2D eigenvalue weighted by Gasteiger charge is 2.39. The molecule has 0 radical (unpaired) electrons. The van der Waals surface area contributed by atoms with E-state index in [0.29, 0.717) is 0 Å². The van der Waals surface area contributed by atoms with E-state index >= 15 is 0 Å². The maximum Gasteiger partial charge on any atom is 0.0451 e. The second kappa shape index (κ2) is 13.4. The summed E-state index contributed by atoms with van der Waals surface area (Å²) in [6, 6.07) is 23.9. The molecule has 0 atom stereocenters. The third-order valence-corrected chi connectivity index (χ3v) is 9.20. The summed E-state index contributed by atoms with van der Waals surface area (Å²) in [6.07, 6.45) is 17.1. The average molecular weight is 672 g/mol. The Labute approximate surface area is 264 Å². The van der Waals surface area contributed by atoms with Gasteiger partial charge < -0.3 is 4.90 Å². The van der Waals surface area contributed by atoms with E-state index in [2.05, 4.69) is 187 Å². The van der Waals surface area contributed by atoms with E-state index in [0.717, 1.165) is 33.9 Å². The van der Waals surface area contributed by atoms with E-state index < -0.39 is 0 Å². The van der Waals surface area contributed by atoms with Crippen molar-refractivity contribution in [2.45, 2.75) is 58.3 Å². The highest BCUT2D eigenvalue weighted by Crippen LogP contribution is 2.48. The van der Waals surface area contributed by atoms with Crippen LogP contribution < -0.4 is 4.90 Å². The molecule has 0 unspecified atom stereocenters. The van der Waals surface area contributed by atoms with Gasteiger partial charge in [0.15, 0.2) is 0 Å². The quantitative estimate of drug-likeness (QED) is 0.194. The molecule has 3 aromatic carbocycles. The van der Waals surface area contributed by atoms with Crippen molar-refractivity contribution in [2.24, 2.45) is 0 Å². The summed E-state index contributed by atoms with van der Waals surface area (Å²) in [5, 5.41) is 0. The molecule has 4 rings (SSSR count). The zero-order valence-electron chi connectivity index (χ0n) is 24.9. The SMILES string of the molecule is C=C(/C=C/C=C/C=C/C=C1/N(CCCc2ccccc2)c2ccc(Br)cc2C1(C)C)C(C)(C)c1cc(Br)ccc1C. The maximum atomic E-state index is 4.38. The normalized spacial score (nSPS) is 16.0. The lowest BCUT2D eigenvalue weighted by Gasteiger charge is -2.28. The van der Waals surface area contributed by atoms with Crippen molar-refractivity contribution < 1.29 is 0 Å². The second-order valence-corrected chi connectivity index (χ2v) is 13.6. The molecule has 0 saturated heterocycles. The number of anilines is 1. The van der Waals surface area contributed by atoms with Crippen molar-refractivity contribution in [1.29, 1.82) is 0 Å². The highest BCUT2D eigenvalue weighted by molar-refractivity contribution is 9.10. The Bertz CT molecular complexity index is 1500. The molecular weight excluding hydrogens is 630 g/mol. The van der Waals surface area contributed by atoms with Crippen LogP contribution in [0.15, 0.2) is 136 Å². The Balaban J connectivity index is 1.46. The van der Waals surface area contributed by atoms with Crippen LogP contribution in [-0.2, 0) is 17.3 Å². The van der Waals surface area contributed by atoms with Crippen LogP contribution >= 0.6 is 31.9 Å². The van der Waals surface area contributed by atoms with Crippen molar-refractivity contribution in [3.8, 4) is 0 Å². The highest BCUT2D eigenvalue weighted by atomic mass is 79.9. The first-order valence-corrected chi connectivity index (χ1v) is 15.9. The fraction of sp³-hybridized carbons (Fsp3) is 0.263. The minimum Gasteiger partial charge on any atom is -0.344 e. The third-order valence-electron chi connectivity index (χ3n) is 8.22. The number of hydrogen-bond acceptors (Lipinski definition) is 1. The molecule has 0 bridgehead atoms. The average Bonchev–Trinajstić information content (AvgIpc) is 3.14. The van der Waals surface area contributed by atoms with E-state index in [9.17, 15) is 0 Å². The predicted octanol–water partition coefficient (Wildman–Crippen LogP) is 11.3. The van der Waals surface area contributed by atoms with Gasteiger partial charge in [-0.15, -0.1) is 0 Å². The fourth-order valence-electron chi connectivity index (χ4n) is 5.63. The van der Waals surface area contributed by atoms with Crippen molar-refractivity contribution in [2.75, 3.05) is 11.4 Å². The number of halogens is 2. The number of benzene rings is 3. The third kappa shape index (κ3) is 7.31. The topological polar surface area (TPSA) is 3.24 Å². The number of aryl methyl sites for hydroxylation is 2. The molecule has 1 heterocycles. The Kier molecular flexibility index (Phi) is 10.2.